The standard InChI is InChI=1S/C13H16O4/c14-8-12(11-6-7-13(15)17-11)16-9-10-4-2-1-3-5-10/h1-5,11-12,14H,6-9H2/t11-,12-/m1/s1. The lowest BCUT2D eigenvalue weighted by Crippen LogP contribution is -2.32. The van der Waals surface area contributed by atoms with E-state index in [9.17, 15) is 9.90 Å². The van der Waals surface area contributed by atoms with Crippen molar-refractivity contribution in [1.29, 1.82) is 0 Å². The van der Waals surface area contributed by atoms with E-state index in [1.54, 1.807) is 0 Å². The van der Waals surface area contributed by atoms with Gasteiger partial charge in [-0.15, -0.1) is 0 Å². The van der Waals surface area contributed by atoms with E-state index < -0.39 is 6.10 Å². The molecule has 1 aromatic carbocycles. The number of aliphatic hydroxyl groups excluding tert-OH is 1. The van der Waals surface area contributed by atoms with Crippen molar-refractivity contribution in [3.63, 3.8) is 0 Å². The monoisotopic (exact) mass is 236 g/mol. The maximum Gasteiger partial charge on any atom is 0.306 e. The van der Waals surface area contributed by atoms with Gasteiger partial charge in [0.15, 0.2) is 0 Å². The minimum absolute atomic E-state index is 0.134. The van der Waals surface area contributed by atoms with Crippen LogP contribution in [0.1, 0.15) is 18.4 Å². The molecule has 4 nitrogen and oxygen atoms in total. The second-order valence-corrected chi connectivity index (χ2v) is 4.08. The molecule has 1 saturated heterocycles. The highest BCUT2D eigenvalue weighted by Gasteiger charge is 2.31. The first-order valence-electron chi connectivity index (χ1n) is 5.75. The molecule has 0 spiro atoms. The van der Waals surface area contributed by atoms with Gasteiger partial charge in [-0.3, -0.25) is 4.79 Å². The first-order valence-corrected chi connectivity index (χ1v) is 5.75. The Balaban J connectivity index is 1.86. The van der Waals surface area contributed by atoms with E-state index in [0.29, 0.717) is 19.4 Å². The molecule has 1 heterocycles. The molecule has 0 aromatic heterocycles. The number of ether oxygens (including phenoxy) is 2. The number of carbonyl (C=O) groups excluding carboxylic acids is 1. The zero-order chi connectivity index (χ0) is 12.1. The Morgan fingerprint density at radius 1 is 1.41 bits per heavy atom. The van der Waals surface area contributed by atoms with Gasteiger partial charge in [0, 0.05) is 6.42 Å². The smallest absolute Gasteiger partial charge is 0.306 e. The van der Waals surface area contributed by atoms with Gasteiger partial charge < -0.3 is 14.6 Å². The minimum Gasteiger partial charge on any atom is -0.459 e. The first kappa shape index (κ1) is 12.1. The van der Waals surface area contributed by atoms with Crippen LogP contribution in [0.3, 0.4) is 0 Å². The number of carbonyl (C=O) groups is 1. The molecule has 0 unspecified atom stereocenters. The fraction of sp³-hybridized carbons (Fsp3) is 0.462. The van der Waals surface area contributed by atoms with Crippen LogP contribution in [0.2, 0.25) is 0 Å². The molecule has 1 N–H and O–H groups in total. The largest absolute Gasteiger partial charge is 0.459 e. The molecule has 0 bridgehead atoms. The molecule has 1 aromatic rings. The molecule has 1 fully saturated rings. The number of benzene rings is 1. The molecular formula is C13H16O4. The molecule has 4 heteroatoms. The summed E-state index contributed by atoms with van der Waals surface area (Å²) in [4.78, 5) is 11.0. The van der Waals surface area contributed by atoms with Crippen LogP contribution in [0.5, 0.6) is 0 Å². The van der Waals surface area contributed by atoms with Crippen LogP contribution in [-0.2, 0) is 20.9 Å². The summed E-state index contributed by atoms with van der Waals surface area (Å²) in [6, 6.07) is 9.71. The fourth-order valence-corrected chi connectivity index (χ4v) is 1.86. The van der Waals surface area contributed by atoms with Crippen LogP contribution in [0.4, 0.5) is 0 Å². The van der Waals surface area contributed by atoms with Crippen LogP contribution in [0.25, 0.3) is 0 Å². The zero-order valence-electron chi connectivity index (χ0n) is 9.54. The van der Waals surface area contributed by atoms with Gasteiger partial charge in [0.2, 0.25) is 0 Å². The summed E-state index contributed by atoms with van der Waals surface area (Å²) in [5.41, 5.74) is 1.04. The summed E-state index contributed by atoms with van der Waals surface area (Å²) in [6.45, 7) is 0.283. The second kappa shape index (κ2) is 5.80. The van der Waals surface area contributed by atoms with E-state index in [1.807, 2.05) is 30.3 Å². The van der Waals surface area contributed by atoms with Gasteiger partial charge in [0.25, 0.3) is 0 Å². The third-order valence-electron chi connectivity index (χ3n) is 2.82. The molecular weight excluding hydrogens is 220 g/mol. The van der Waals surface area contributed by atoms with Gasteiger partial charge in [-0.25, -0.2) is 0 Å². The highest BCUT2D eigenvalue weighted by atomic mass is 16.6. The second-order valence-electron chi connectivity index (χ2n) is 4.08. The van der Waals surface area contributed by atoms with Crippen molar-refractivity contribution in [3.8, 4) is 0 Å². The molecule has 2 rings (SSSR count). The molecule has 1 aliphatic heterocycles. The Bertz CT molecular complexity index is 363. The average molecular weight is 236 g/mol. The number of hydrogen-bond acceptors (Lipinski definition) is 4. The Morgan fingerprint density at radius 3 is 2.76 bits per heavy atom. The number of rotatable bonds is 5. The van der Waals surface area contributed by atoms with Crippen molar-refractivity contribution < 1.29 is 19.4 Å². The van der Waals surface area contributed by atoms with Crippen molar-refractivity contribution in [2.45, 2.75) is 31.7 Å². The fourth-order valence-electron chi connectivity index (χ4n) is 1.86. The van der Waals surface area contributed by atoms with Crippen molar-refractivity contribution in [2.75, 3.05) is 6.61 Å². The van der Waals surface area contributed by atoms with Crippen molar-refractivity contribution in [1.82, 2.24) is 0 Å². The van der Waals surface area contributed by atoms with E-state index in [0.717, 1.165) is 5.56 Å². The van der Waals surface area contributed by atoms with E-state index >= 15 is 0 Å². The lowest BCUT2D eigenvalue weighted by Gasteiger charge is -2.20. The summed E-state index contributed by atoms with van der Waals surface area (Å²) in [7, 11) is 0. The van der Waals surface area contributed by atoms with E-state index in [4.69, 9.17) is 9.47 Å². The van der Waals surface area contributed by atoms with Crippen LogP contribution in [-0.4, -0.2) is 29.9 Å². The molecule has 2 atom stereocenters. The Kier molecular flexibility index (Phi) is 4.12. The van der Waals surface area contributed by atoms with Gasteiger partial charge in [0.1, 0.15) is 12.2 Å². The highest BCUT2D eigenvalue weighted by Crippen LogP contribution is 2.19. The van der Waals surface area contributed by atoms with Gasteiger partial charge >= 0.3 is 5.97 Å². The maximum absolute atomic E-state index is 11.0. The third-order valence-corrected chi connectivity index (χ3v) is 2.82. The summed E-state index contributed by atoms with van der Waals surface area (Å²) in [5, 5.41) is 9.23. The molecule has 0 aliphatic carbocycles. The summed E-state index contributed by atoms with van der Waals surface area (Å²) >= 11 is 0. The maximum atomic E-state index is 11.0. The van der Waals surface area contributed by atoms with Crippen molar-refractivity contribution in [3.05, 3.63) is 35.9 Å². The molecule has 0 saturated carbocycles. The highest BCUT2D eigenvalue weighted by molar-refractivity contribution is 5.71. The van der Waals surface area contributed by atoms with Crippen LogP contribution < -0.4 is 0 Å². The van der Waals surface area contributed by atoms with Crippen LogP contribution >= 0.6 is 0 Å². The quantitative estimate of drug-likeness (QED) is 0.782. The lowest BCUT2D eigenvalue weighted by atomic mass is 10.1. The van der Waals surface area contributed by atoms with E-state index in [-0.39, 0.29) is 18.7 Å². The summed E-state index contributed by atoms with van der Waals surface area (Å²) < 4.78 is 10.7. The van der Waals surface area contributed by atoms with Crippen molar-refractivity contribution in [2.24, 2.45) is 0 Å². The van der Waals surface area contributed by atoms with Crippen LogP contribution in [0.15, 0.2) is 30.3 Å². The topological polar surface area (TPSA) is 55.8 Å². The summed E-state index contributed by atoms with van der Waals surface area (Å²) in [5.74, 6) is -0.211. The Labute approximate surface area is 100 Å². The van der Waals surface area contributed by atoms with Gasteiger partial charge in [-0.1, -0.05) is 30.3 Å². The van der Waals surface area contributed by atoms with Gasteiger partial charge in [-0.2, -0.15) is 0 Å². The number of cyclic esters (lactones) is 1. The first-order chi connectivity index (χ1) is 8.29. The Hall–Kier alpha value is -1.39. The number of hydrogen-bond donors (Lipinski definition) is 1. The molecule has 17 heavy (non-hydrogen) atoms. The molecule has 1 aliphatic rings. The number of aliphatic hydroxyl groups is 1. The predicted octanol–water partition coefficient (Wildman–Crippen LogP) is 1.27. The third kappa shape index (κ3) is 3.28. The Morgan fingerprint density at radius 2 is 2.18 bits per heavy atom. The van der Waals surface area contributed by atoms with E-state index in [2.05, 4.69) is 0 Å². The zero-order valence-corrected chi connectivity index (χ0v) is 9.54. The van der Waals surface area contributed by atoms with Crippen LogP contribution in [0, 0.1) is 0 Å². The SMILES string of the molecule is O=C1CC[C@H]([C@@H](CO)OCc2ccccc2)O1. The van der Waals surface area contributed by atoms with Gasteiger partial charge in [-0.05, 0) is 12.0 Å². The summed E-state index contributed by atoms with van der Waals surface area (Å²) in [6.07, 6.45) is 0.298. The molecule has 92 valence electrons. The average Bonchev–Trinajstić information content (AvgIpc) is 2.78. The van der Waals surface area contributed by atoms with Gasteiger partial charge in [0.05, 0.1) is 13.2 Å². The minimum atomic E-state index is -0.429. The normalized spacial score (nSPS) is 21.2. The lowest BCUT2D eigenvalue weighted by molar-refractivity contribution is -0.149. The number of esters is 1. The predicted molar refractivity (Wildman–Crippen MR) is 61.2 cm³/mol. The van der Waals surface area contributed by atoms with E-state index in [1.165, 1.54) is 0 Å². The van der Waals surface area contributed by atoms with Crippen molar-refractivity contribution >= 4 is 5.97 Å². The molecule has 0 radical (unpaired) electrons. The molecule has 0 amide bonds.